The number of hydrogen-bond acceptors (Lipinski definition) is 5. The zero-order valence-electron chi connectivity index (χ0n) is 17.7. The summed E-state index contributed by atoms with van der Waals surface area (Å²) >= 11 is 0. The summed E-state index contributed by atoms with van der Waals surface area (Å²) in [6.45, 7) is 2.10. The number of aromatic amines is 1. The van der Waals surface area contributed by atoms with Crippen molar-refractivity contribution < 1.29 is 8.42 Å². The van der Waals surface area contributed by atoms with Crippen molar-refractivity contribution in [3.05, 3.63) is 33.4 Å². The number of aromatic nitrogens is 3. The molecule has 0 amide bonds. The van der Waals surface area contributed by atoms with Crippen LogP contribution in [0.2, 0.25) is 0 Å². The van der Waals surface area contributed by atoms with E-state index < -0.39 is 10.2 Å². The summed E-state index contributed by atoms with van der Waals surface area (Å²) in [6.07, 6.45) is 7.30. The molecule has 4 heterocycles. The Morgan fingerprint density at radius 3 is 2.63 bits per heavy atom. The molecule has 1 saturated carbocycles. The van der Waals surface area contributed by atoms with Crippen LogP contribution < -0.4 is 5.56 Å². The molecule has 0 bridgehead atoms. The first-order valence-electron chi connectivity index (χ1n) is 10.9. The van der Waals surface area contributed by atoms with Crippen LogP contribution >= 0.6 is 0 Å². The highest BCUT2D eigenvalue weighted by atomic mass is 32.2. The lowest BCUT2D eigenvalue weighted by Crippen LogP contribution is -2.41. The van der Waals surface area contributed by atoms with Crippen LogP contribution in [-0.4, -0.2) is 69.8 Å². The maximum Gasteiger partial charge on any atom is 0.282 e. The molecule has 2 fully saturated rings. The van der Waals surface area contributed by atoms with E-state index in [1.165, 1.54) is 38.8 Å². The van der Waals surface area contributed by atoms with Gasteiger partial charge in [-0.05, 0) is 25.7 Å². The molecule has 9 nitrogen and oxygen atoms in total. The topological polar surface area (TPSA) is 94.0 Å². The average molecular weight is 435 g/mol. The number of H-pyrrole nitrogens is 1. The third-order valence-electron chi connectivity index (χ3n) is 6.97. The van der Waals surface area contributed by atoms with Crippen LogP contribution in [0.3, 0.4) is 0 Å². The lowest BCUT2D eigenvalue weighted by atomic mass is 10.0. The Hall–Kier alpha value is -1.75. The lowest BCUT2D eigenvalue weighted by molar-refractivity contribution is 0.178. The molecule has 3 aliphatic rings. The van der Waals surface area contributed by atoms with E-state index in [9.17, 15) is 13.2 Å². The maximum absolute atomic E-state index is 13.3. The highest BCUT2D eigenvalue weighted by Gasteiger charge is 2.38. The zero-order valence-corrected chi connectivity index (χ0v) is 18.5. The van der Waals surface area contributed by atoms with Crippen molar-refractivity contribution in [1.82, 2.24) is 28.1 Å². The number of nitrogens with zero attached hydrogens (tertiary/aromatic N) is 5. The van der Waals surface area contributed by atoms with Crippen LogP contribution in [0, 0.1) is 0 Å². The first-order chi connectivity index (χ1) is 14.4. The molecule has 2 aromatic heterocycles. The lowest BCUT2D eigenvalue weighted by Gasteiger charge is -2.32. The third kappa shape index (κ3) is 3.21. The Morgan fingerprint density at radius 1 is 1.13 bits per heavy atom. The van der Waals surface area contributed by atoms with Crippen molar-refractivity contribution in [2.24, 2.45) is 0 Å². The van der Waals surface area contributed by atoms with Gasteiger partial charge in [0.25, 0.3) is 15.8 Å². The van der Waals surface area contributed by atoms with E-state index in [2.05, 4.69) is 10.00 Å². The predicted octanol–water partition coefficient (Wildman–Crippen LogP) is 1.27. The highest BCUT2D eigenvalue weighted by Crippen LogP contribution is 2.34. The second-order valence-corrected chi connectivity index (χ2v) is 11.1. The average Bonchev–Trinajstić information content (AvgIpc) is 3.47. The minimum atomic E-state index is -3.52. The zero-order chi connectivity index (χ0) is 21.0. The molecule has 0 spiro atoms. The smallest absolute Gasteiger partial charge is 0.282 e. The van der Waals surface area contributed by atoms with E-state index in [4.69, 9.17) is 4.98 Å². The molecule has 0 aromatic carbocycles. The molecule has 10 heteroatoms. The van der Waals surface area contributed by atoms with Gasteiger partial charge in [-0.3, -0.25) is 14.8 Å². The van der Waals surface area contributed by atoms with Gasteiger partial charge in [-0.25, -0.2) is 9.50 Å². The molecule has 5 rings (SSSR count). The van der Waals surface area contributed by atoms with Crippen molar-refractivity contribution in [3.63, 3.8) is 0 Å². The van der Waals surface area contributed by atoms with Crippen molar-refractivity contribution >= 4 is 15.9 Å². The van der Waals surface area contributed by atoms with E-state index >= 15 is 0 Å². The molecule has 30 heavy (non-hydrogen) atoms. The summed E-state index contributed by atoms with van der Waals surface area (Å²) in [7, 11) is -0.426. The van der Waals surface area contributed by atoms with Crippen molar-refractivity contribution in [2.75, 3.05) is 27.2 Å². The van der Waals surface area contributed by atoms with Gasteiger partial charge in [-0.1, -0.05) is 12.8 Å². The van der Waals surface area contributed by atoms with Gasteiger partial charge in [0.1, 0.15) is 0 Å². The fourth-order valence-electron chi connectivity index (χ4n) is 5.31. The van der Waals surface area contributed by atoms with Gasteiger partial charge in [0.05, 0.1) is 23.0 Å². The second kappa shape index (κ2) is 7.44. The van der Waals surface area contributed by atoms with Crippen LogP contribution in [-0.2, 0) is 23.2 Å². The Labute approximate surface area is 176 Å². The minimum Gasteiger partial charge on any atom is -0.295 e. The van der Waals surface area contributed by atoms with Gasteiger partial charge < -0.3 is 0 Å². The van der Waals surface area contributed by atoms with Crippen molar-refractivity contribution in [1.29, 1.82) is 0 Å². The van der Waals surface area contributed by atoms with E-state index in [-0.39, 0.29) is 11.6 Å². The fraction of sp³-hybridized carbons (Fsp3) is 0.700. The largest absolute Gasteiger partial charge is 0.295 e. The summed E-state index contributed by atoms with van der Waals surface area (Å²) < 4.78 is 29.7. The monoisotopic (exact) mass is 434 g/mol. The number of rotatable bonds is 4. The van der Waals surface area contributed by atoms with Crippen LogP contribution in [0.4, 0.5) is 0 Å². The Kier molecular flexibility index (Phi) is 5.00. The standard InChI is InChI=1S/C20H30N6O3S/c1-23(2)30(28,29)25-10-5-8-18(25)17-12-19-21-16-9-11-24(14-6-3-4-7-14)13-15(16)20(27)26(19)22-17/h12,14,18,22H,3-11,13H2,1-2H3. The maximum atomic E-state index is 13.3. The van der Waals surface area contributed by atoms with E-state index in [0.717, 1.165) is 42.8 Å². The van der Waals surface area contributed by atoms with Crippen molar-refractivity contribution in [3.8, 4) is 0 Å². The third-order valence-corrected chi connectivity index (χ3v) is 8.92. The molecular formula is C20H30N6O3S. The molecule has 2 aliphatic heterocycles. The summed E-state index contributed by atoms with van der Waals surface area (Å²) in [5, 5.41) is 3.18. The predicted molar refractivity (Wildman–Crippen MR) is 113 cm³/mol. The van der Waals surface area contributed by atoms with Crippen LogP contribution in [0.1, 0.15) is 61.5 Å². The molecular weight excluding hydrogens is 404 g/mol. The van der Waals surface area contributed by atoms with Gasteiger partial charge in [0.2, 0.25) is 0 Å². The SMILES string of the molecule is CN(C)S(=O)(=O)N1CCCC1c1cc2nc3c(c(=O)n2[nH]1)CN(C1CCCC1)CC3. The number of fused-ring (bicyclic) bond motifs is 2. The molecule has 1 saturated heterocycles. The Bertz CT molecular complexity index is 1120. The number of hydrogen-bond donors (Lipinski definition) is 1. The molecule has 2 aromatic rings. The second-order valence-electron chi connectivity index (χ2n) is 8.96. The Balaban J connectivity index is 1.50. The first-order valence-corrected chi connectivity index (χ1v) is 12.3. The molecule has 1 aliphatic carbocycles. The molecule has 164 valence electrons. The summed E-state index contributed by atoms with van der Waals surface area (Å²) in [5.41, 5.74) is 2.94. The first kappa shape index (κ1) is 20.2. The van der Waals surface area contributed by atoms with Gasteiger partial charge in [0, 0.05) is 52.3 Å². The van der Waals surface area contributed by atoms with E-state index in [1.54, 1.807) is 14.1 Å². The van der Waals surface area contributed by atoms with Crippen LogP contribution in [0.25, 0.3) is 5.65 Å². The quantitative estimate of drug-likeness (QED) is 0.782. The van der Waals surface area contributed by atoms with E-state index in [0.29, 0.717) is 24.8 Å². The van der Waals surface area contributed by atoms with Gasteiger partial charge in [0.15, 0.2) is 5.65 Å². The molecule has 1 unspecified atom stereocenters. The summed E-state index contributed by atoms with van der Waals surface area (Å²) in [4.78, 5) is 20.5. The molecule has 1 N–H and O–H groups in total. The van der Waals surface area contributed by atoms with E-state index in [1.807, 2.05) is 6.07 Å². The normalized spacial score (nSPS) is 24.3. The van der Waals surface area contributed by atoms with Crippen LogP contribution in [0.15, 0.2) is 10.9 Å². The molecule has 0 radical (unpaired) electrons. The Morgan fingerprint density at radius 2 is 1.90 bits per heavy atom. The molecule has 1 atom stereocenters. The van der Waals surface area contributed by atoms with Gasteiger partial charge >= 0.3 is 0 Å². The highest BCUT2D eigenvalue weighted by molar-refractivity contribution is 7.86. The minimum absolute atomic E-state index is 0.0519. The summed E-state index contributed by atoms with van der Waals surface area (Å²) in [5.74, 6) is 0. The van der Waals surface area contributed by atoms with Gasteiger partial charge in [-0.2, -0.15) is 17.0 Å². The van der Waals surface area contributed by atoms with Crippen molar-refractivity contribution in [2.45, 2.75) is 63.6 Å². The summed E-state index contributed by atoms with van der Waals surface area (Å²) in [6, 6.07) is 2.13. The van der Waals surface area contributed by atoms with Gasteiger partial charge in [-0.15, -0.1) is 0 Å². The van der Waals surface area contributed by atoms with Crippen LogP contribution in [0.5, 0.6) is 0 Å². The fourth-order valence-corrected chi connectivity index (χ4v) is 6.63. The number of nitrogens with one attached hydrogen (secondary N) is 1.